The molecule has 0 spiro atoms. The Morgan fingerprint density at radius 1 is 1.42 bits per heavy atom. The van der Waals surface area contributed by atoms with Crippen LogP contribution in [0.5, 0.6) is 0 Å². The number of para-hydroxylation sites is 1. The first-order valence-corrected chi connectivity index (χ1v) is 3.26. The van der Waals surface area contributed by atoms with Gasteiger partial charge in [-0.25, -0.2) is 0 Å². The average molecular weight is 160 g/mol. The van der Waals surface area contributed by atoms with Crippen molar-refractivity contribution < 1.29 is 0 Å². The molecule has 58 valence electrons. The zero-order chi connectivity index (χ0) is 8.39. The number of aromatic amines is 1. The number of aromatic nitrogens is 3. The van der Waals surface area contributed by atoms with Crippen molar-refractivity contribution in [3.8, 4) is 0 Å². The summed E-state index contributed by atoms with van der Waals surface area (Å²) in [6, 6.07) is 5.23. The van der Waals surface area contributed by atoms with Crippen LogP contribution >= 0.6 is 0 Å². The smallest absolute Gasteiger partial charge is 0.122 e. The highest BCUT2D eigenvalue weighted by atomic mass is 15.3. The van der Waals surface area contributed by atoms with Gasteiger partial charge in [0, 0.05) is 4.91 Å². The zero-order valence-corrected chi connectivity index (χ0v) is 5.97. The lowest BCUT2D eigenvalue weighted by atomic mass is 10.3. The Bertz CT molecular complexity index is 452. The summed E-state index contributed by atoms with van der Waals surface area (Å²) in [4.78, 5) is 2.68. The summed E-state index contributed by atoms with van der Waals surface area (Å²) in [5, 5.41) is 13.6. The van der Waals surface area contributed by atoms with Crippen LogP contribution in [0.3, 0.4) is 0 Å². The third-order valence-corrected chi connectivity index (χ3v) is 1.48. The lowest BCUT2D eigenvalue weighted by molar-refractivity contribution is 0.959. The minimum Gasteiger partial charge on any atom is -0.197 e. The second kappa shape index (κ2) is 2.52. The molecule has 0 saturated carbocycles. The van der Waals surface area contributed by atoms with Crippen molar-refractivity contribution in [3.05, 3.63) is 28.6 Å². The van der Waals surface area contributed by atoms with E-state index in [4.69, 9.17) is 5.53 Å². The predicted octanol–water partition coefficient (Wildman–Crippen LogP) is 1.90. The molecule has 6 nitrogen and oxygen atoms in total. The molecule has 2 rings (SSSR count). The lowest BCUT2D eigenvalue weighted by Gasteiger charge is -1.88. The standard InChI is InChI=1S/C6H4N6/c7-11-8-4-2-1-3-5-6(4)10-12-9-5/h1-3H,(H,9,10,12). The molecule has 1 N–H and O–H groups in total. The molecule has 6 heteroatoms. The maximum Gasteiger partial charge on any atom is 0.122 e. The summed E-state index contributed by atoms with van der Waals surface area (Å²) in [6.07, 6.45) is 0. The lowest BCUT2D eigenvalue weighted by Crippen LogP contribution is -1.68. The van der Waals surface area contributed by atoms with Gasteiger partial charge in [0.15, 0.2) is 0 Å². The Kier molecular flexibility index (Phi) is 1.39. The van der Waals surface area contributed by atoms with Crippen LogP contribution in [0.15, 0.2) is 23.3 Å². The molecule has 0 bridgehead atoms. The third kappa shape index (κ3) is 0.869. The monoisotopic (exact) mass is 160 g/mol. The molecule has 0 radical (unpaired) electrons. The molecule has 1 aromatic carbocycles. The molecule has 1 aromatic heterocycles. The molecule has 1 heterocycles. The number of benzene rings is 1. The highest BCUT2D eigenvalue weighted by Crippen LogP contribution is 2.21. The maximum atomic E-state index is 8.22. The molecule has 0 saturated heterocycles. The average Bonchev–Trinajstić information content (AvgIpc) is 2.53. The Labute approximate surface area is 66.8 Å². The fraction of sp³-hybridized carbons (Fsp3) is 0. The molecule has 0 unspecified atom stereocenters. The maximum absolute atomic E-state index is 8.22. The molecular weight excluding hydrogens is 156 g/mol. The Hall–Kier alpha value is -2.07. The van der Waals surface area contributed by atoms with Gasteiger partial charge in [-0.2, -0.15) is 15.4 Å². The van der Waals surface area contributed by atoms with Crippen LogP contribution in [-0.2, 0) is 0 Å². The summed E-state index contributed by atoms with van der Waals surface area (Å²) in [7, 11) is 0. The van der Waals surface area contributed by atoms with Crippen LogP contribution in [0.25, 0.3) is 21.5 Å². The van der Waals surface area contributed by atoms with E-state index in [1.54, 1.807) is 18.2 Å². The molecule has 0 aliphatic carbocycles. The van der Waals surface area contributed by atoms with E-state index in [0.29, 0.717) is 16.7 Å². The topological polar surface area (TPSA) is 90.3 Å². The molecule has 2 aromatic rings. The van der Waals surface area contributed by atoms with E-state index < -0.39 is 0 Å². The number of azide groups is 1. The van der Waals surface area contributed by atoms with Gasteiger partial charge in [-0.05, 0) is 11.6 Å². The quantitative estimate of drug-likeness (QED) is 0.392. The van der Waals surface area contributed by atoms with E-state index in [1.165, 1.54) is 0 Å². The number of nitrogens with zero attached hydrogens (tertiary/aromatic N) is 5. The summed E-state index contributed by atoms with van der Waals surface area (Å²) < 4.78 is 0. The molecule has 0 aliphatic rings. The first-order valence-electron chi connectivity index (χ1n) is 3.26. The van der Waals surface area contributed by atoms with Crippen LogP contribution in [0, 0.1) is 0 Å². The fourth-order valence-electron chi connectivity index (χ4n) is 0.982. The van der Waals surface area contributed by atoms with Gasteiger partial charge >= 0.3 is 0 Å². The van der Waals surface area contributed by atoms with Gasteiger partial charge in [-0.15, -0.1) is 0 Å². The summed E-state index contributed by atoms with van der Waals surface area (Å²) >= 11 is 0. The molecule has 0 aliphatic heterocycles. The molecular formula is C6H4N6. The normalized spacial score (nSPS) is 9.67. The van der Waals surface area contributed by atoms with E-state index >= 15 is 0 Å². The summed E-state index contributed by atoms with van der Waals surface area (Å²) in [5.74, 6) is 0. The van der Waals surface area contributed by atoms with Gasteiger partial charge in [-0.1, -0.05) is 17.2 Å². The molecule has 12 heavy (non-hydrogen) atoms. The van der Waals surface area contributed by atoms with Crippen LogP contribution < -0.4 is 0 Å². The van der Waals surface area contributed by atoms with Gasteiger partial charge < -0.3 is 0 Å². The first-order chi connectivity index (χ1) is 5.92. The van der Waals surface area contributed by atoms with Gasteiger partial charge in [0.2, 0.25) is 0 Å². The minimum atomic E-state index is 0.490. The van der Waals surface area contributed by atoms with Crippen molar-refractivity contribution in [1.82, 2.24) is 15.4 Å². The number of nitrogens with one attached hydrogen (secondary N) is 1. The van der Waals surface area contributed by atoms with E-state index in [2.05, 4.69) is 25.4 Å². The number of H-pyrrole nitrogens is 1. The van der Waals surface area contributed by atoms with Crippen molar-refractivity contribution in [2.45, 2.75) is 0 Å². The second-order valence-corrected chi connectivity index (χ2v) is 2.16. The van der Waals surface area contributed by atoms with Gasteiger partial charge in [-0.3, -0.25) is 0 Å². The minimum absolute atomic E-state index is 0.490. The Morgan fingerprint density at radius 2 is 2.33 bits per heavy atom. The van der Waals surface area contributed by atoms with Crippen LogP contribution in [0.2, 0.25) is 0 Å². The zero-order valence-electron chi connectivity index (χ0n) is 5.97. The van der Waals surface area contributed by atoms with Gasteiger partial charge in [0.1, 0.15) is 11.0 Å². The van der Waals surface area contributed by atoms with Crippen LogP contribution in [-0.4, -0.2) is 15.4 Å². The number of fused-ring (bicyclic) bond motifs is 1. The van der Waals surface area contributed by atoms with E-state index in [-0.39, 0.29) is 0 Å². The summed E-state index contributed by atoms with van der Waals surface area (Å²) in [6.45, 7) is 0. The van der Waals surface area contributed by atoms with Gasteiger partial charge in [0.25, 0.3) is 0 Å². The van der Waals surface area contributed by atoms with Crippen molar-refractivity contribution in [1.29, 1.82) is 0 Å². The van der Waals surface area contributed by atoms with Crippen molar-refractivity contribution >= 4 is 16.7 Å². The molecule has 0 atom stereocenters. The number of hydrogen-bond acceptors (Lipinski definition) is 3. The SMILES string of the molecule is [N-]=[N+]=Nc1cccc2n[nH]nc12. The Morgan fingerprint density at radius 3 is 3.17 bits per heavy atom. The highest BCUT2D eigenvalue weighted by molar-refractivity contribution is 5.85. The van der Waals surface area contributed by atoms with Crippen LogP contribution in [0.4, 0.5) is 5.69 Å². The second-order valence-electron chi connectivity index (χ2n) is 2.16. The van der Waals surface area contributed by atoms with E-state index in [9.17, 15) is 0 Å². The molecule has 0 amide bonds. The molecule has 0 fully saturated rings. The van der Waals surface area contributed by atoms with Crippen molar-refractivity contribution in [2.75, 3.05) is 0 Å². The van der Waals surface area contributed by atoms with Crippen molar-refractivity contribution in [2.24, 2.45) is 5.11 Å². The number of hydrogen-bond donors (Lipinski definition) is 1. The first kappa shape index (κ1) is 6.63. The van der Waals surface area contributed by atoms with Crippen LogP contribution in [0.1, 0.15) is 0 Å². The number of rotatable bonds is 1. The van der Waals surface area contributed by atoms with E-state index in [1.807, 2.05) is 0 Å². The summed E-state index contributed by atoms with van der Waals surface area (Å²) in [5.41, 5.74) is 9.99. The Balaban J connectivity index is 2.81. The van der Waals surface area contributed by atoms with Gasteiger partial charge in [0.05, 0.1) is 5.69 Å². The fourth-order valence-corrected chi connectivity index (χ4v) is 0.982. The van der Waals surface area contributed by atoms with E-state index in [0.717, 1.165) is 0 Å². The predicted molar refractivity (Wildman–Crippen MR) is 42.7 cm³/mol. The third-order valence-electron chi connectivity index (χ3n) is 1.48. The highest BCUT2D eigenvalue weighted by Gasteiger charge is 2.00. The largest absolute Gasteiger partial charge is 0.197 e. The van der Waals surface area contributed by atoms with Crippen molar-refractivity contribution in [3.63, 3.8) is 0 Å².